The molecule has 1 heterocycles. The molecule has 0 spiro atoms. The van der Waals surface area contributed by atoms with E-state index in [1.54, 1.807) is 0 Å². The van der Waals surface area contributed by atoms with Gasteiger partial charge in [0.25, 0.3) is 0 Å². The highest BCUT2D eigenvalue weighted by Crippen LogP contribution is 2.22. The summed E-state index contributed by atoms with van der Waals surface area (Å²) in [4.78, 5) is 2.63. The smallest absolute Gasteiger partial charge is 0.0110 e. The van der Waals surface area contributed by atoms with Crippen LogP contribution in [-0.4, -0.2) is 36.1 Å². The molecule has 1 N–H and O–H groups in total. The summed E-state index contributed by atoms with van der Waals surface area (Å²) in [6.07, 6.45) is 3.99. The van der Waals surface area contributed by atoms with Gasteiger partial charge in [-0.3, -0.25) is 0 Å². The highest BCUT2D eigenvalue weighted by Gasteiger charge is 2.26. The molecule has 0 aromatic heterocycles. The molecule has 0 aliphatic carbocycles. The zero-order valence-corrected chi connectivity index (χ0v) is 11.8. The first kappa shape index (κ1) is 14.0. The van der Waals surface area contributed by atoms with Crippen LogP contribution in [0.25, 0.3) is 0 Å². The lowest BCUT2D eigenvalue weighted by molar-refractivity contribution is 0.227. The van der Waals surface area contributed by atoms with Crippen molar-refractivity contribution in [3.63, 3.8) is 0 Å². The summed E-state index contributed by atoms with van der Waals surface area (Å²) in [7, 11) is 0. The molecule has 1 saturated heterocycles. The molecule has 1 unspecified atom stereocenters. The minimum Gasteiger partial charge on any atom is -0.311 e. The van der Waals surface area contributed by atoms with Crippen molar-refractivity contribution in [1.82, 2.24) is 10.2 Å². The summed E-state index contributed by atoms with van der Waals surface area (Å²) in [6.45, 7) is 14.0. The Balaban J connectivity index is 2.55. The minimum absolute atomic E-state index is 0.615. The van der Waals surface area contributed by atoms with Crippen LogP contribution in [-0.2, 0) is 0 Å². The Labute approximate surface area is 102 Å². The second-order valence-corrected chi connectivity index (χ2v) is 5.80. The van der Waals surface area contributed by atoms with E-state index in [4.69, 9.17) is 0 Å². The summed E-state index contributed by atoms with van der Waals surface area (Å²) in [6, 6.07) is 2.05. The van der Waals surface area contributed by atoms with Crippen molar-refractivity contribution in [3.05, 3.63) is 0 Å². The van der Waals surface area contributed by atoms with E-state index >= 15 is 0 Å². The predicted octanol–water partition coefficient (Wildman–Crippen LogP) is 2.88. The zero-order chi connectivity index (χ0) is 12.1. The highest BCUT2D eigenvalue weighted by atomic mass is 15.2. The third-order valence-corrected chi connectivity index (χ3v) is 3.89. The van der Waals surface area contributed by atoms with Crippen LogP contribution in [0.3, 0.4) is 0 Å². The van der Waals surface area contributed by atoms with Crippen molar-refractivity contribution in [2.24, 2.45) is 5.92 Å². The maximum Gasteiger partial charge on any atom is 0.0110 e. The van der Waals surface area contributed by atoms with Gasteiger partial charge in [0.05, 0.1) is 0 Å². The van der Waals surface area contributed by atoms with Gasteiger partial charge in [-0.25, -0.2) is 0 Å². The number of hydrogen-bond acceptors (Lipinski definition) is 2. The normalized spacial score (nSPS) is 28.7. The van der Waals surface area contributed by atoms with E-state index in [2.05, 4.69) is 44.8 Å². The van der Waals surface area contributed by atoms with Gasteiger partial charge in [0, 0.05) is 18.1 Å². The van der Waals surface area contributed by atoms with E-state index in [-0.39, 0.29) is 0 Å². The van der Waals surface area contributed by atoms with Gasteiger partial charge in [-0.1, -0.05) is 27.2 Å². The van der Waals surface area contributed by atoms with E-state index < -0.39 is 0 Å². The number of likely N-dealkylation sites (tertiary alicyclic amines) is 1. The second-order valence-electron chi connectivity index (χ2n) is 5.80. The van der Waals surface area contributed by atoms with E-state index in [0.29, 0.717) is 12.1 Å². The Morgan fingerprint density at radius 1 is 1.12 bits per heavy atom. The molecule has 2 atom stereocenters. The predicted molar refractivity (Wildman–Crippen MR) is 71.8 cm³/mol. The minimum atomic E-state index is 0.615. The van der Waals surface area contributed by atoms with Gasteiger partial charge in [-0.15, -0.1) is 0 Å². The fourth-order valence-corrected chi connectivity index (χ4v) is 2.84. The molecule has 0 aromatic carbocycles. The van der Waals surface area contributed by atoms with E-state index in [9.17, 15) is 0 Å². The summed E-state index contributed by atoms with van der Waals surface area (Å²) < 4.78 is 0. The molecule has 2 heteroatoms. The number of nitrogens with zero attached hydrogens (tertiary/aromatic N) is 1. The van der Waals surface area contributed by atoms with Crippen LogP contribution in [0.1, 0.15) is 53.9 Å². The van der Waals surface area contributed by atoms with E-state index in [1.165, 1.54) is 32.4 Å². The van der Waals surface area contributed by atoms with Crippen LogP contribution in [0.5, 0.6) is 0 Å². The Morgan fingerprint density at radius 3 is 2.25 bits per heavy atom. The quantitative estimate of drug-likeness (QED) is 0.793. The van der Waals surface area contributed by atoms with Crippen LogP contribution in [0.15, 0.2) is 0 Å². The molecule has 16 heavy (non-hydrogen) atoms. The molecule has 0 amide bonds. The fraction of sp³-hybridized carbons (Fsp3) is 1.00. The van der Waals surface area contributed by atoms with Crippen LogP contribution < -0.4 is 5.32 Å². The zero-order valence-electron chi connectivity index (χ0n) is 11.8. The average molecular weight is 226 g/mol. The lowest BCUT2D eigenvalue weighted by Crippen LogP contribution is -2.40. The van der Waals surface area contributed by atoms with Crippen LogP contribution >= 0.6 is 0 Å². The lowest BCUT2D eigenvalue weighted by Gasteiger charge is -2.27. The third-order valence-electron chi connectivity index (χ3n) is 3.89. The largest absolute Gasteiger partial charge is 0.311 e. The maximum atomic E-state index is 3.76. The first-order valence-electron chi connectivity index (χ1n) is 7.04. The molecule has 0 saturated carbocycles. The Morgan fingerprint density at radius 2 is 1.75 bits per heavy atom. The first-order valence-corrected chi connectivity index (χ1v) is 7.04. The molecule has 1 aliphatic heterocycles. The number of hydrogen-bond donors (Lipinski definition) is 1. The Hall–Kier alpha value is -0.0800. The number of nitrogens with one attached hydrogen (secondary N) is 1. The third kappa shape index (κ3) is 4.06. The van der Waals surface area contributed by atoms with Crippen LogP contribution in [0.4, 0.5) is 0 Å². The van der Waals surface area contributed by atoms with Gasteiger partial charge in [0.15, 0.2) is 0 Å². The molecular weight excluding hydrogens is 196 g/mol. The van der Waals surface area contributed by atoms with E-state index in [0.717, 1.165) is 12.0 Å². The summed E-state index contributed by atoms with van der Waals surface area (Å²) in [5.74, 6) is 0.867. The van der Waals surface area contributed by atoms with Crippen LogP contribution in [0.2, 0.25) is 0 Å². The van der Waals surface area contributed by atoms with E-state index in [1.807, 2.05) is 0 Å². The van der Waals surface area contributed by atoms with Crippen molar-refractivity contribution in [2.75, 3.05) is 13.1 Å². The van der Waals surface area contributed by atoms with Crippen molar-refractivity contribution < 1.29 is 0 Å². The monoisotopic (exact) mass is 226 g/mol. The lowest BCUT2D eigenvalue weighted by atomic mass is 9.92. The van der Waals surface area contributed by atoms with Crippen molar-refractivity contribution in [2.45, 2.75) is 72.0 Å². The highest BCUT2D eigenvalue weighted by molar-refractivity contribution is 4.83. The molecule has 0 bridgehead atoms. The SMILES string of the molecule is CC[C@@H]1CCN(C(C)C)CCC1NC(C)C. The summed E-state index contributed by atoms with van der Waals surface area (Å²) >= 11 is 0. The Bertz CT molecular complexity index is 189. The molecule has 1 fully saturated rings. The molecule has 96 valence electrons. The van der Waals surface area contributed by atoms with Gasteiger partial charge in [-0.2, -0.15) is 0 Å². The molecule has 2 nitrogen and oxygen atoms in total. The summed E-state index contributed by atoms with van der Waals surface area (Å²) in [5, 5.41) is 3.76. The van der Waals surface area contributed by atoms with Gasteiger partial charge in [-0.05, 0) is 45.7 Å². The molecular formula is C14H30N2. The van der Waals surface area contributed by atoms with Gasteiger partial charge >= 0.3 is 0 Å². The van der Waals surface area contributed by atoms with Gasteiger partial charge < -0.3 is 10.2 Å². The van der Waals surface area contributed by atoms with Crippen molar-refractivity contribution >= 4 is 0 Å². The summed E-state index contributed by atoms with van der Waals surface area (Å²) in [5.41, 5.74) is 0. The fourth-order valence-electron chi connectivity index (χ4n) is 2.84. The maximum absolute atomic E-state index is 3.76. The topological polar surface area (TPSA) is 15.3 Å². The number of rotatable bonds is 4. The van der Waals surface area contributed by atoms with Crippen molar-refractivity contribution in [3.8, 4) is 0 Å². The molecule has 0 radical (unpaired) electrons. The van der Waals surface area contributed by atoms with Crippen molar-refractivity contribution in [1.29, 1.82) is 0 Å². The second kappa shape index (κ2) is 6.61. The molecule has 0 aromatic rings. The molecule has 1 rings (SSSR count). The average Bonchev–Trinajstić information content (AvgIpc) is 2.39. The first-order chi connectivity index (χ1) is 7.54. The van der Waals surface area contributed by atoms with Gasteiger partial charge in [0.1, 0.15) is 0 Å². The van der Waals surface area contributed by atoms with Gasteiger partial charge in [0.2, 0.25) is 0 Å². The van der Waals surface area contributed by atoms with Crippen LogP contribution in [0, 0.1) is 5.92 Å². The standard InChI is InChI=1S/C14H30N2/c1-6-13-7-9-16(12(4)5)10-8-14(13)15-11(2)3/h11-15H,6-10H2,1-5H3/t13-,14?/m1/s1. The molecule has 1 aliphatic rings. The Kier molecular flexibility index (Phi) is 5.77.